The van der Waals surface area contributed by atoms with Crippen molar-refractivity contribution in [1.29, 1.82) is 0 Å². The summed E-state index contributed by atoms with van der Waals surface area (Å²) in [5, 5.41) is 2.81. The van der Waals surface area contributed by atoms with Crippen molar-refractivity contribution in [3.8, 4) is 5.75 Å². The zero-order chi connectivity index (χ0) is 14.1. The van der Waals surface area contributed by atoms with Gasteiger partial charge in [0.05, 0.1) is 10.5 Å². The molecule has 104 valence electrons. The molecule has 1 aliphatic heterocycles. The third-order valence-corrected chi connectivity index (χ3v) is 4.19. The van der Waals surface area contributed by atoms with Gasteiger partial charge in [0, 0.05) is 6.42 Å². The van der Waals surface area contributed by atoms with E-state index < -0.39 is 0 Å². The zero-order valence-electron chi connectivity index (χ0n) is 11.0. The number of halogens is 1. The van der Waals surface area contributed by atoms with Crippen LogP contribution in [0, 0.1) is 0 Å². The Kier molecular flexibility index (Phi) is 3.53. The summed E-state index contributed by atoms with van der Waals surface area (Å²) in [6.45, 7) is 2.12. The molecule has 20 heavy (non-hydrogen) atoms. The normalized spacial score (nSPS) is 15.2. The first-order chi connectivity index (χ1) is 9.67. The molecule has 1 unspecified atom stereocenters. The summed E-state index contributed by atoms with van der Waals surface area (Å²) in [5.41, 5.74) is 1.71. The topological polar surface area (TPSA) is 51.5 Å². The zero-order valence-corrected chi connectivity index (χ0v) is 12.6. The first-order valence-electron chi connectivity index (χ1n) is 6.46. The smallest absolute Gasteiger partial charge is 0.262 e. The average Bonchev–Trinajstić information content (AvgIpc) is 2.94. The second-order valence-corrected chi connectivity index (χ2v) is 5.53. The van der Waals surface area contributed by atoms with Gasteiger partial charge >= 0.3 is 0 Å². The highest BCUT2D eigenvalue weighted by atomic mass is 79.9. The largest absolute Gasteiger partial charge is 0.482 e. The van der Waals surface area contributed by atoms with Gasteiger partial charge in [0.15, 0.2) is 6.61 Å². The Morgan fingerprint density at radius 3 is 2.95 bits per heavy atom. The molecule has 2 aromatic rings. The summed E-state index contributed by atoms with van der Waals surface area (Å²) >= 11 is 3.63. The highest BCUT2D eigenvalue weighted by Crippen LogP contribution is 2.37. The Balaban J connectivity index is 1.90. The van der Waals surface area contributed by atoms with E-state index in [1.807, 2.05) is 30.3 Å². The number of carbonyl (C=O) groups excluding carboxylic acids is 1. The molecule has 1 N–H and O–H groups in total. The molecule has 0 bridgehead atoms. The summed E-state index contributed by atoms with van der Waals surface area (Å²) in [5.74, 6) is 2.37. The van der Waals surface area contributed by atoms with Gasteiger partial charge in [-0.3, -0.25) is 4.79 Å². The predicted molar refractivity (Wildman–Crippen MR) is 79.4 cm³/mol. The third kappa shape index (κ3) is 2.45. The second-order valence-electron chi connectivity index (χ2n) is 4.61. The highest BCUT2D eigenvalue weighted by Gasteiger charge is 2.20. The number of fused-ring (bicyclic) bond motifs is 1. The van der Waals surface area contributed by atoms with Crippen LogP contribution in [-0.2, 0) is 11.2 Å². The molecular formula is C15H14BrNO3. The Morgan fingerprint density at radius 1 is 1.35 bits per heavy atom. The Hall–Kier alpha value is -1.75. The van der Waals surface area contributed by atoms with Crippen LogP contribution in [0.2, 0.25) is 0 Å². The van der Waals surface area contributed by atoms with Gasteiger partial charge in [0.2, 0.25) is 0 Å². The molecule has 2 heterocycles. The van der Waals surface area contributed by atoms with Crippen LogP contribution in [0.15, 0.2) is 34.7 Å². The number of aryl methyl sites for hydroxylation is 1. The van der Waals surface area contributed by atoms with Crippen molar-refractivity contribution in [2.24, 2.45) is 0 Å². The monoisotopic (exact) mass is 335 g/mol. The van der Waals surface area contributed by atoms with Crippen LogP contribution >= 0.6 is 15.9 Å². The maximum atomic E-state index is 11.4. The quantitative estimate of drug-likeness (QED) is 0.871. The van der Waals surface area contributed by atoms with Crippen LogP contribution in [-0.4, -0.2) is 12.5 Å². The fraction of sp³-hybridized carbons (Fsp3) is 0.267. The number of ether oxygens (including phenoxy) is 1. The summed E-state index contributed by atoms with van der Waals surface area (Å²) in [6.07, 6.45) is 0.869. The predicted octanol–water partition coefficient (Wildman–Crippen LogP) is 3.66. The minimum atomic E-state index is -0.132. The average molecular weight is 336 g/mol. The number of nitrogens with one attached hydrogen (secondary N) is 1. The summed E-state index contributed by atoms with van der Waals surface area (Å²) in [7, 11) is 0. The standard InChI is InChI=1S/C15H14BrNO3/c1-2-10-4-6-13(20-10)15(16)9-3-5-12-11(7-9)17-14(18)8-19-12/h3-7,15H,2,8H2,1H3,(H,17,18). The van der Waals surface area contributed by atoms with Crippen molar-refractivity contribution in [2.45, 2.75) is 18.2 Å². The van der Waals surface area contributed by atoms with E-state index in [4.69, 9.17) is 9.15 Å². The number of furan rings is 1. The Bertz CT molecular complexity index is 650. The molecule has 1 aromatic heterocycles. The number of anilines is 1. The molecule has 5 heteroatoms. The first kappa shape index (κ1) is 13.2. The fourth-order valence-corrected chi connectivity index (χ4v) is 2.67. The highest BCUT2D eigenvalue weighted by molar-refractivity contribution is 9.09. The lowest BCUT2D eigenvalue weighted by Gasteiger charge is -2.19. The van der Waals surface area contributed by atoms with E-state index in [-0.39, 0.29) is 17.3 Å². The molecule has 1 atom stereocenters. The molecule has 0 saturated carbocycles. The van der Waals surface area contributed by atoms with Crippen molar-refractivity contribution in [2.75, 3.05) is 11.9 Å². The van der Waals surface area contributed by atoms with Gasteiger partial charge in [-0.25, -0.2) is 0 Å². The van der Waals surface area contributed by atoms with Crippen LogP contribution in [0.4, 0.5) is 5.69 Å². The minimum Gasteiger partial charge on any atom is -0.482 e. The molecule has 4 nitrogen and oxygen atoms in total. The number of amides is 1. The SMILES string of the molecule is CCc1ccc(C(Br)c2ccc3c(c2)NC(=O)CO3)o1. The third-order valence-electron chi connectivity index (χ3n) is 3.21. The van der Waals surface area contributed by atoms with E-state index in [1.54, 1.807) is 0 Å². The number of rotatable bonds is 3. The maximum absolute atomic E-state index is 11.4. The summed E-state index contributed by atoms with van der Waals surface area (Å²) < 4.78 is 11.1. The lowest BCUT2D eigenvalue weighted by atomic mass is 10.1. The summed E-state index contributed by atoms with van der Waals surface area (Å²) in [4.78, 5) is 11.3. The molecule has 0 aliphatic carbocycles. The van der Waals surface area contributed by atoms with E-state index in [1.165, 1.54) is 0 Å². The number of hydrogen-bond donors (Lipinski definition) is 1. The molecule has 0 fully saturated rings. The number of carbonyl (C=O) groups is 1. The van der Waals surface area contributed by atoms with E-state index >= 15 is 0 Å². The lowest BCUT2D eigenvalue weighted by Crippen LogP contribution is -2.25. The van der Waals surface area contributed by atoms with Crippen LogP contribution in [0.1, 0.15) is 28.8 Å². The number of hydrogen-bond acceptors (Lipinski definition) is 3. The van der Waals surface area contributed by atoms with Crippen molar-refractivity contribution in [3.63, 3.8) is 0 Å². The van der Waals surface area contributed by atoms with Gasteiger partial charge in [-0.15, -0.1) is 0 Å². The molecule has 0 radical (unpaired) electrons. The lowest BCUT2D eigenvalue weighted by molar-refractivity contribution is -0.118. The molecule has 0 saturated heterocycles. The Morgan fingerprint density at radius 2 is 2.20 bits per heavy atom. The second kappa shape index (κ2) is 5.32. The van der Waals surface area contributed by atoms with Gasteiger partial charge in [0.1, 0.15) is 17.3 Å². The van der Waals surface area contributed by atoms with Gasteiger partial charge in [-0.05, 0) is 29.8 Å². The van der Waals surface area contributed by atoms with Crippen molar-refractivity contribution >= 4 is 27.5 Å². The van der Waals surface area contributed by atoms with Crippen molar-refractivity contribution < 1.29 is 13.9 Å². The van der Waals surface area contributed by atoms with Gasteiger partial charge in [-0.2, -0.15) is 0 Å². The van der Waals surface area contributed by atoms with E-state index in [0.29, 0.717) is 11.4 Å². The minimum absolute atomic E-state index is 0.0491. The summed E-state index contributed by atoms with van der Waals surface area (Å²) in [6, 6.07) is 9.67. The molecule has 1 aliphatic rings. The number of benzene rings is 1. The van der Waals surface area contributed by atoms with Crippen molar-refractivity contribution in [1.82, 2.24) is 0 Å². The Labute approximate surface area is 125 Å². The molecule has 0 spiro atoms. The molecule has 1 amide bonds. The number of alkyl halides is 1. The van der Waals surface area contributed by atoms with Gasteiger partial charge < -0.3 is 14.5 Å². The van der Waals surface area contributed by atoms with Crippen LogP contribution in [0.5, 0.6) is 5.75 Å². The molecular weight excluding hydrogens is 322 g/mol. The first-order valence-corrected chi connectivity index (χ1v) is 7.38. The van der Waals surface area contributed by atoms with Crippen molar-refractivity contribution in [3.05, 3.63) is 47.4 Å². The van der Waals surface area contributed by atoms with Gasteiger partial charge in [-0.1, -0.05) is 28.9 Å². The van der Waals surface area contributed by atoms with Crippen LogP contribution in [0.25, 0.3) is 0 Å². The molecule has 1 aromatic carbocycles. The fourth-order valence-electron chi connectivity index (χ4n) is 2.14. The van der Waals surface area contributed by atoms with Crippen LogP contribution in [0.3, 0.4) is 0 Å². The van der Waals surface area contributed by atoms with Gasteiger partial charge in [0.25, 0.3) is 5.91 Å². The van der Waals surface area contributed by atoms with E-state index in [9.17, 15) is 4.79 Å². The van der Waals surface area contributed by atoms with E-state index in [0.717, 1.165) is 23.5 Å². The maximum Gasteiger partial charge on any atom is 0.262 e. The van der Waals surface area contributed by atoms with E-state index in [2.05, 4.69) is 28.2 Å². The van der Waals surface area contributed by atoms with Crippen LogP contribution < -0.4 is 10.1 Å². The molecule has 3 rings (SSSR count).